The van der Waals surface area contributed by atoms with E-state index < -0.39 is 27.7 Å². The lowest BCUT2D eigenvalue weighted by atomic mass is 10.2. The Balaban J connectivity index is 2.10. The van der Waals surface area contributed by atoms with Crippen molar-refractivity contribution >= 4 is 21.7 Å². The number of amides is 2. The molecule has 2 N–H and O–H groups in total. The van der Waals surface area contributed by atoms with Gasteiger partial charge in [0.15, 0.2) is 0 Å². The minimum absolute atomic E-state index is 0.0632. The molecule has 0 aliphatic carbocycles. The van der Waals surface area contributed by atoms with Crippen molar-refractivity contribution in [3.05, 3.63) is 59.7 Å². The number of sulfonamides is 1. The Bertz CT molecular complexity index is 886. The summed E-state index contributed by atoms with van der Waals surface area (Å²) in [4.78, 5) is 11.9. The quantitative estimate of drug-likeness (QED) is 0.850. The van der Waals surface area contributed by atoms with Crippen molar-refractivity contribution in [1.29, 1.82) is 0 Å². The summed E-state index contributed by atoms with van der Waals surface area (Å²) in [6, 6.07) is 8.22. The van der Waals surface area contributed by atoms with Crippen LogP contribution in [0.2, 0.25) is 0 Å². The Labute approximate surface area is 144 Å². The molecule has 0 aliphatic heterocycles. The fourth-order valence-corrected chi connectivity index (χ4v) is 3.15. The van der Waals surface area contributed by atoms with Gasteiger partial charge in [-0.25, -0.2) is 26.3 Å². The van der Waals surface area contributed by atoms with Crippen LogP contribution in [0.5, 0.6) is 0 Å². The first kappa shape index (κ1) is 18.8. The Morgan fingerprint density at radius 3 is 2.44 bits per heavy atom. The lowest BCUT2D eigenvalue weighted by molar-refractivity contribution is 0.251. The molecule has 0 saturated carbocycles. The van der Waals surface area contributed by atoms with Crippen molar-refractivity contribution in [3.8, 4) is 0 Å². The average molecular weight is 369 g/mol. The molecule has 0 unspecified atom stereocenters. The van der Waals surface area contributed by atoms with Crippen LogP contribution in [0.15, 0.2) is 47.4 Å². The van der Waals surface area contributed by atoms with E-state index >= 15 is 0 Å². The summed E-state index contributed by atoms with van der Waals surface area (Å²) in [5, 5.41) is 4.68. The molecule has 2 aromatic rings. The van der Waals surface area contributed by atoms with Crippen molar-refractivity contribution in [2.75, 3.05) is 19.4 Å². The summed E-state index contributed by atoms with van der Waals surface area (Å²) in [7, 11) is -0.853. The molecule has 0 heterocycles. The van der Waals surface area contributed by atoms with E-state index in [-0.39, 0.29) is 17.1 Å². The van der Waals surface area contributed by atoms with Gasteiger partial charge in [0, 0.05) is 26.7 Å². The van der Waals surface area contributed by atoms with E-state index in [2.05, 4.69) is 10.6 Å². The molecule has 134 valence electrons. The largest absolute Gasteiger partial charge is 0.334 e. The number of hydrogen-bond acceptors (Lipinski definition) is 3. The van der Waals surface area contributed by atoms with Gasteiger partial charge in [0.05, 0.1) is 10.6 Å². The van der Waals surface area contributed by atoms with Crippen molar-refractivity contribution in [2.45, 2.75) is 11.4 Å². The molecule has 2 rings (SSSR count). The first-order valence-corrected chi connectivity index (χ1v) is 8.66. The van der Waals surface area contributed by atoms with Crippen molar-refractivity contribution in [2.24, 2.45) is 0 Å². The minimum Gasteiger partial charge on any atom is -0.334 e. The van der Waals surface area contributed by atoms with E-state index in [1.54, 1.807) is 18.2 Å². The third kappa shape index (κ3) is 4.52. The summed E-state index contributed by atoms with van der Waals surface area (Å²) in [6.45, 7) is -0.0854. The normalized spacial score (nSPS) is 11.4. The van der Waals surface area contributed by atoms with Gasteiger partial charge in [-0.3, -0.25) is 0 Å². The number of carbonyl (C=O) groups excluding carboxylic acids is 1. The molecule has 0 saturated heterocycles. The molecule has 2 aromatic carbocycles. The molecule has 25 heavy (non-hydrogen) atoms. The van der Waals surface area contributed by atoms with Crippen LogP contribution in [0.4, 0.5) is 19.3 Å². The Morgan fingerprint density at radius 2 is 1.80 bits per heavy atom. The molecule has 0 aromatic heterocycles. The maximum absolute atomic E-state index is 13.5. The summed E-state index contributed by atoms with van der Waals surface area (Å²) in [5.41, 5.74) is 0.194. The first-order chi connectivity index (χ1) is 11.7. The monoisotopic (exact) mass is 369 g/mol. The summed E-state index contributed by atoms with van der Waals surface area (Å²) in [6.07, 6.45) is 0. The zero-order valence-corrected chi connectivity index (χ0v) is 14.4. The molecular formula is C16H17F2N3O3S. The molecule has 0 atom stereocenters. The third-order valence-corrected chi connectivity index (χ3v) is 5.27. The van der Waals surface area contributed by atoms with Crippen LogP contribution >= 0.6 is 0 Å². The van der Waals surface area contributed by atoms with Crippen LogP contribution in [-0.4, -0.2) is 32.8 Å². The average Bonchev–Trinajstić information content (AvgIpc) is 2.55. The number of benzene rings is 2. The fraction of sp³-hybridized carbons (Fsp3) is 0.188. The summed E-state index contributed by atoms with van der Waals surface area (Å²) in [5.74, 6) is -1.67. The number of hydrogen-bond donors (Lipinski definition) is 2. The van der Waals surface area contributed by atoms with Gasteiger partial charge < -0.3 is 10.6 Å². The standard InChI is InChI=1S/C16H17F2N3O3S/c1-21(2)25(23,24)15-6-4-3-5-11(15)10-19-16(22)20-14-8-7-12(17)9-13(14)18/h3-9H,10H2,1-2H3,(H2,19,20,22). The topological polar surface area (TPSA) is 78.5 Å². The second kappa shape index (κ2) is 7.58. The summed E-state index contributed by atoms with van der Waals surface area (Å²) >= 11 is 0. The molecule has 0 radical (unpaired) electrons. The first-order valence-electron chi connectivity index (χ1n) is 7.22. The molecule has 0 spiro atoms. The molecule has 2 amide bonds. The lowest BCUT2D eigenvalue weighted by Gasteiger charge is -2.15. The van der Waals surface area contributed by atoms with Crippen molar-refractivity contribution in [3.63, 3.8) is 0 Å². The van der Waals surface area contributed by atoms with Gasteiger partial charge in [-0.1, -0.05) is 18.2 Å². The smallest absolute Gasteiger partial charge is 0.319 e. The highest BCUT2D eigenvalue weighted by Crippen LogP contribution is 2.18. The van der Waals surface area contributed by atoms with Crippen LogP contribution in [0.25, 0.3) is 0 Å². The van der Waals surface area contributed by atoms with Gasteiger partial charge in [0.1, 0.15) is 11.6 Å². The van der Waals surface area contributed by atoms with Crippen LogP contribution in [-0.2, 0) is 16.6 Å². The van der Waals surface area contributed by atoms with Gasteiger partial charge in [0.25, 0.3) is 0 Å². The molecule has 0 bridgehead atoms. The second-order valence-electron chi connectivity index (χ2n) is 5.33. The number of nitrogens with one attached hydrogen (secondary N) is 2. The zero-order chi connectivity index (χ0) is 18.6. The fourth-order valence-electron chi connectivity index (χ4n) is 2.03. The lowest BCUT2D eigenvalue weighted by Crippen LogP contribution is -2.30. The van der Waals surface area contributed by atoms with Crippen LogP contribution in [0, 0.1) is 11.6 Å². The number of anilines is 1. The second-order valence-corrected chi connectivity index (χ2v) is 7.45. The Kier molecular flexibility index (Phi) is 5.70. The maximum atomic E-state index is 13.5. The van der Waals surface area contributed by atoms with E-state index in [4.69, 9.17) is 0 Å². The van der Waals surface area contributed by atoms with Crippen LogP contribution in [0.3, 0.4) is 0 Å². The van der Waals surface area contributed by atoms with E-state index in [9.17, 15) is 22.0 Å². The molecule has 0 fully saturated rings. The summed E-state index contributed by atoms with van der Waals surface area (Å²) < 4.78 is 52.0. The van der Waals surface area contributed by atoms with E-state index in [0.29, 0.717) is 11.6 Å². The van der Waals surface area contributed by atoms with Gasteiger partial charge in [-0.15, -0.1) is 0 Å². The zero-order valence-electron chi connectivity index (χ0n) is 13.6. The van der Waals surface area contributed by atoms with Crippen LogP contribution < -0.4 is 10.6 Å². The molecular weight excluding hydrogens is 352 g/mol. The van der Waals surface area contributed by atoms with Crippen molar-refractivity contribution in [1.82, 2.24) is 9.62 Å². The van der Waals surface area contributed by atoms with Crippen LogP contribution in [0.1, 0.15) is 5.56 Å². The van der Waals surface area contributed by atoms with E-state index in [1.807, 2.05) is 0 Å². The molecule has 6 nitrogen and oxygen atoms in total. The van der Waals surface area contributed by atoms with Crippen molar-refractivity contribution < 1.29 is 22.0 Å². The van der Waals surface area contributed by atoms with E-state index in [1.165, 1.54) is 20.2 Å². The Hall–Kier alpha value is -2.52. The number of carbonyl (C=O) groups is 1. The Morgan fingerprint density at radius 1 is 1.12 bits per heavy atom. The highest BCUT2D eigenvalue weighted by molar-refractivity contribution is 7.89. The maximum Gasteiger partial charge on any atom is 0.319 e. The number of halogens is 2. The van der Waals surface area contributed by atoms with Gasteiger partial charge in [0.2, 0.25) is 10.0 Å². The number of nitrogens with zero attached hydrogens (tertiary/aromatic N) is 1. The third-order valence-electron chi connectivity index (χ3n) is 3.35. The molecule has 0 aliphatic rings. The SMILES string of the molecule is CN(C)S(=O)(=O)c1ccccc1CNC(=O)Nc1ccc(F)cc1F. The molecule has 9 heteroatoms. The highest BCUT2D eigenvalue weighted by Gasteiger charge is 2.20. The van der Waals surface area contributed by atoms with Gasteiger partial charge in [-0.05, 0) is 23.8 Å². The predicted octanol–water partition coefficient (Wildman–Crippen LogP) is 2.54. The van der Waals surface area contributed by atoms with Gasteiger partial charge >= 0.3 is 6.03 Å². The predicted molar refractivity (Wildman–Crippen MR) is 89.5 cm³/mol. The minimum atomic E-state index is -3.67. The van der Waals surface area contributed by atoms with Gasteiger partial charge in [-0.2, -0.15) is 0 Å². The number of rotatable bonds is 5. The van der Waals surface area contributed by atoms with E-state index in [0.717, 1.165) is 16.4 Å². The highest BCUT2D eigenvalue weighted by atomic mass is 32.2. The number of urea groups is 1.